The van der Waals surface area contributed by atoms with E-state index in [1.807, 2.05) is 13.0 Å². The fourth-order valence-electron chi connectivity index (χ4n) is 1.62. The van der Waals surface area contributed by atoms with Crippen LogP contribution >= 0.6 is 11.6 Å². The van der Waals surface area contributed by atoms with Gasteiger partial charge in [-0.2, -0.15) is 5.26 Å². The molecule has 0 heterocycles. The van der Waals surface area contributed by atoms with E-state index in [0.29, 0.717) is 22.9 Å². The molecule has 6 nitrogen and oxygen atoms in total. The van der Waals surface area contributed by atoms with Gasteiger partial charge in [0, 0.05) is 17.3 Å². The number of anilines is 1. The molecule has 1 unspecified atom stereocenters. The van der Waals surface area contributed by atoms with Crippen LogP contribution in [0.2, 0.25) is 5.02 Å². The zero-order valence-electron chi connectivity index (χ0n) is 12.4. The second-order valence-corrected chi connectivity index (χ2v) is 4.86. The Balaban J connectivity index is 2.88. The van der Waals surface area contributed by atoms with Crippen molar-refractivity contribution in [2.75, 3.05) is 19.0 Å². The van der Waals surface area contributed by atoms with Crippen LogP contribution in [0, 0.1) is 11.3 Å². The highest BCUT2D eigenvalue weighted by atomic mass is 35.5. The summed E-state index contributed by atoms with van der Waals surface area (Å²) in [6, 6.07) is 6.38. The van der Waals surface area contributed by atoms with E-state index in [4.69, 9.17) is 26.7 Å². The van der Waals surface area contributed by atoms with E-state index in [9.17, 15) is 4.79 Å². The van der Waals surface area contributed by atoms with Gasteiger partial charge in [-0.25, -0.2) is 0 Å². The minimum Gasteiger partial charge on any atom is -0.495 e. The van der Waals surface area contributed by atoms with Gasteiger partial charge in [0.2, 0.25) is 0 Å². The van der Waals surface area contributed by atoms with E-state index in [2.05, 4.69) is 10.6 Å². The Hall–Kier alpha value is -2.23. The maximum Gasteiger partial charge on any atom is 0.267 e. The summed E-state index contributed by atoms with van der Waals surface area (Å²) in [6.45, 7) is 1.79. The topological polar surface area (TPSA) is 94.4 Å². The monoisotopic (exact) mass is 323 g/mol. The summed E-state index contributed by atoms with van der Waals surface area (Å²) in [5.41, 5.74) is 0.254. The van der Waals surface area contributed by atoms with Crippen LogP contribution in [-0.2, 0) is 4.79 Å². The summed E-state index contributed by atoms with van der Waals surface area (Å²) in [5.74, 6) is -0.159. The van der Waals surface area contributed by atoms with Crippen LogP contribution in [0.15, 0.2) is 30.0 Å². The molecule has 1 atom stereocenters. The van der Waals surface area contributed by atoms with E-state index >= 15 is 0 Å². The third-order valence-corrected chi connectivity index (χ3v) is 3.19. The number of ether oxygens (including phenoxy) is 1. The van der Waals surface area contributed by atoms with Gasteiger partial charge in [-0.15, -0.1) is 0 Å². The summed E-state index contributed by atoms with van der Waals surface area (Å²) in [7, 11) is 1.47. The number of carbonyl (C=O) groups excluding carboxylic acids is 1. The van der Waals surface area contributed by atoms with Crippen molar-refractivity contribution in [2.24, 2.45) is 0 Å². The van der Waals surface area contributed by atoms with Crippen LogP contribution in [0.1, 0.15) is 13.3 Å². The van der Waals surface area contributed by atoms with Gasteiger partial charge in [0.25, 0.3) is 5.91 Å². The lowest BCUT2D eigenvalue weighted by Crippen LogP contribution is -2.28. The lowest BCUT2D eigenvalue weighted by atomic mass is 10.2. The van der Waals surface area contributed by atoms with Crippen molar-refractivity contribution in [3.05, 3.63) is 35.0 Å². The number of nitrogens with one attached hydrogen (secondary N) is 2. The lowest BCUT2D eigenvalue weighted by Gasteiger charge is -2.13. The van der Waals surface area contributed by atoms with Crippen LogP contribution < -0.4 is 15.4 Å². The number of amides is 1. The van der Waals surface area contributed by atoms with Gasteiger partial charge in [0.15, 0.2) is 0 Å². The number of aliphatic hydroxyl groups excluding tert-OH is 1. The molecule has 1 aromatic carbocycles. The molecule has 0 saturated heterocycles. The maximum atomic E-state index is 12.1. The predicted molar refractivity (Wildman–Crippen MR) is 84.6 cm³/mol. The normalized spacial score (nSPS) is 12.2. The third-order valence-electron chi connectivity index (χ3n) is 2.95. The molecule has 0 spiro atoms. The van der Waals surface area contributed by atoms with Gasteiger partial charge in [-0.1, -0.05) is 18.5 Å². The second kappa shape index (κ2) is 8.93. The van der Waals surface area contributed by atoms with Crippen molar-refractivity contribution in [3.63, 3.8) is 0 Å². The second-order valence-electron chi connectivity index (χ2n) is 4.42. The first kappa shape index (κ1) is 17.8. The molecule has 1 rings (SSSR count). The van der Waals surface area contributed by atoms with Crippen molar-refractivity contribution in [1.82, 2.24) is 5.32 Å². The van der Waals surface area contributed by atoms with Crippen LogP contribution in [-0.4, -0.2) is 30.8 Å². The Morgan fingerprint density at radius 3 is 2.86 bits per heavy atom. The fourth-order valence-corrected chi connectivity index (χ4v) is 1.79. The number of methoxy groups -OCH3 is 1. The Bertz CT molecular complexity index is 592. The summed E-state index contributed by atoms with van der Waals surface area (Å²) < 4.78 is 5.12. The van der Waals surface area contributed by atoms with E-state index in [1.165, 1.54) is 19.4 Å². The molecule has 0 fully saturated rings. The van der Waals surface area contributed by atoms with Crippen LogP contribution in [0.4, 0.5) is 5.69 Å². The summed E-state index contributed by atoms with van der Waals surface area (Å²) >= 11 is 5.88. The van der Waals surface area contributed by atoms with Gasteiger partial charge >= 0.3 is 0 Å². The van der Waals surface area contributed by atoms with E-state index < -0.39 is 5.91 Å². The number of benzene rings is 1. The zero-order valence-corrected chi connectivity index (χ0v) is 13.1. The molecule has 0 aliphatic heterocycles. The minimum atomic E-state index is -0.594. The number of hydrogen-bond donors (Lipinski definition) is 3. The first-order chi connectivity index (χ1) is 10.5. The zero-order chi connectivity index (χ0) is 16.5. The van der Waals surface area contributed by atoms with Crippen LogP contribution in [0.25, 0.3) is 0 Å². The number of carbonyl (C=O) groups is 1. The van der Waals surface area contributed by atoms with Gasteiger partial charge in [-0.3, -0.25) is 4.79 Å². The van der Waals surface area contributed by atoms with Crippen molar-refractivity contribution in [3.8, 4) is 11.8 Å². The highest BCUT2D eigenvalue weighted by Gasteiger charge is 2.13. The molecule has 22 heavy (non-hydrogen) atoms. The molecule has 118 valence electrons. The van der Waals surface area contributed by atoms with Gasteiger partial charge < -0.3 is 20.5 Å². The smallest absolute Gasteiger partial charge is 0.267 e. The summed E-state index contributed by atoms with van der Waals surface area (Å²) in [4.78, 5) is 12.1. The largest absolute Gasteiger partial charge is 0.495 e. The van der Waals surface area contributed by atoms with E-state index in [-0.39, 0.29) is 18.2 Å². The average molecular weight is 324 g/mol. The molecule has 0 bridgehead atoms. The molecule has 7 heteroatoms. The molecule has 0 saturated carbocycles. The number of rotatable bonds is 7. The van der Waals surface area contributed by atoms with Gasteiger partial charge in [-0.05, 0) is 24.6 Å². The van der Waals surface area contributed by atoms with Crippen LogP contribution in [0.3, 0.4) is 0 Å². The van der Waals surface area contributed by atoms with Gasteiger partial charge in [0.05, 0.1) is 19.4 Å². The maximum absolute atomic E-state index is 12.1. The SMILES string of the molecule is CCC(CO)N/C=C(/C#N)C(=O)Nc1cc(Cl)ccc1OC. The molecule has 1 aromatic rings. The Morgan fingerprint density at radius 1 is 1.59 bits per heavy atom. The predicted octanol–water partition coefficient (Wildman–Crippen LogP) is 2.06. The van der Waals surface area contributed by atoms with E-state index in [0.717, 1.165) is 0 Å². The molecular weight excluding hydrogens is 306 g/mol. The number of hydrogen-bond acceptors (Lipinski definition) is 5. The van der Waals surface area contributed by atoms with E-state index in [1.54, 1.807) is 12.1 Å². The number of halogens is 1. The quantitative estimate of drug-likeness (QED) is 0.527. The lowest BCUT2D eigenvalue weighted by molar-refractivity contribution is -0.112. The highest BCUT2D eigenvalue weighted by Crippen LogP contribution is 2.27. The number of nitriles is 1. The molecule has 0 aliphatic rings. The summed E-state index contributed by atoms with van der Waals surface area (Å²) in [5, 5.41) is 24.0. The van der Waals surface area contributed by atoms with Gasteiger partial charge in [0.1, 0.15) is 17.4 Å². The number of aliphatic hydroxyl groups is 1. The Kier molecular flexibility index (Phi) is 7.23. The molecule has 0 radical (unpaired) electrons. The molecule has 0 aromatic heterocycles. The van der Waals surface area contributed by atoms with Crippen molar-refractivity contribution >= 4 is 23.2 Å². The first-order valence-electron chi connectivity index (χ1n) is 6.67. The molecule has 0 aliphatic carbocycles. The average Bonchev–Trinajstić information content (AvgIpc) is 2.52. The molecule has 3 N–H and O–H groups in total. The standard InChI is InChI=1S/C15H18ClN3O3/c1-3-12(9-20)18-8-10(7-17)15(21)19-13-6-11(16)4-5-14(13)22-2/h4-6,8,12,18,20H,3,9H2,1-2H3,(H,19,21)/b10-8-. The van der Waals surface area contributed by atoms with Crippen molar-refractivity contribution < 1.29 is 14.6 Å². The van der Waals surface area contributed by atoms with Crippen molar-refractivity contribution in [1.29, 1.82) is 5.26 Å². The van der Waals surface area contributed by atoms with Crippen LogP contribution in [0.5, 0.6) is 5.75 Å². The molecule has 1 amide bonds. The van der Waals surface area contributed by atoms with Crippen molar-refractivity contribution in [2.45, 2.75) is 19.4 Å². The first-order valence-corrected chi connectivity index (χ1v) is 7.05. The summed E-state index contributed by atoms with van der Waals surface area (Å²) in [6.07, 6.45) is 1.95. The molecular formula is C15H18ClN3O3. The fraction of sp³-hybridized carbons (Fsp3) is 0.333. The number of nitrogens with zero attached hydrogens (tertiary/aromatic N) is 1. The third kappa shape index (κ3) is 4.95. The Labute approximate surface area is 134 Å². The minimum absolute atomic E-state index is 0.0879. The Morgan fingerprint density at radius 2 is 2.32 bits per heavy atom. The highest BCUT2D eigenvalue weighted by molar-refractivity contribution is 6.31.